The van der Waals surface area contributed by atoms with Gasteiger partial charge in [-0.1, -0.05) is 0 Å². The first kappa shape index (κ1) is 17.6. The number of amides is 1. The van der Waals surface area contributed by atoms with Crippen LogP contribution in [0.1, 0.15) is 23.8 Å². The molecule has 1 saturated heterocycles. The van der Waals surface area contributed by atoms with Crippen molar-refractivity contribution in [2.75, 3.05) is 43.6 Å². The molecule has 1 unspecified atom stereocenters. The Labute approximate surface area is 136 Å². The summed E-state index contributed by atoms with van der Waals surface area (Å²) >= 11 is 0. The van der Waals surface area contributed by atoms with E-state index in [0.29, 0.717) is 31.9 Å². The Morgan fingerprint density at radius 3 is 2.74 bits per heavy atom. The van der Waals surface area contributed by atoms with Crippen molar-refractivity contribution >= 4 is 21.6 Å². The van der Waals surface area contributed by atoms with Gasteiger partial charge < -0.3 is 15.0 Å². The summed E-state index contributed by atoms with van der Waals surface area (Å²) in [5.41, 5.74) is 0.216. The van der Waals surface area contributed by atoms with Crippen LogP contribution >= 0.6 is 0 Å². The molecule has 0 radical (unpaired) electrons. The average molecular weight is 342 g/mol. The van der Waals surface area contributed by atoms with Crippen LogP contribution in [-0.2, 0) is 14.6 Å². The third-order valence-corrected chi connectivity index (χ3v) is 5.48. The molecule has 1 aliphatic heterocycles. The Morgan fingerprint density at radius 1 is 1.43 bits per heavy atom. The van der Waals surface area contributed by atoms with E-state index < -0.39 is 9.84 Å². The van der Waals surface area contributed by atoms with Crippen LogP contribution in [0.4, 0.5) is 5.82 Å². The van der Waals surface area contributed by atoms with Gasteiger partial charge in [0.05, 0.1) is 30.5 Å². The highest BCUT2D eigenvalue weighted by Gasteiger charge is 2.34. The number of methoxy groups -OCH3 is 1. The molecule has 9 heteroatoms. The number of hydrogen-bond acceptors (Lipinski definition) is 7. The summed E-state index contributed by atoms with van der Waals surface area (Å²) in [4.78, 5) is 22.4. The van der Waals surface area contributed by atoms with E-state index >= 15 is 0 Å². The largest absolute Gasteiger partial charge is 0.383 e. The van der Waals surface area contributed by atoms with Gasteiger partial charge in [-0.15, -0.1) is 0 Å². The SMILES string of the molecule is CCN(C(=O)c1cnc(NCCOC)cn1)C1CCS(=O)(=O)C1. The Bertz CT molecular complexity index is 633. The number of nitrogens with one attached hydrogen (secondary N) is 1. The van der Waals surface area contributed by atoms with Crippen LogP contribution < -0.4 is 5.32 Å². The minimum absolute atomic E-state index is 0.0245. The van der Waals surface area contributed by atoms with Gasteiger partial charge in [-0.2, -0.15) is 0 Å². The number of carbonyl (C=O) groups is 1. The van der Waals surface area contributed by atoms with Gasteiger partial charge in [0.2, 0.25) is 0 Å². The van der Waals surface area contributed by atoms with E-state index in [1.807, 2.05) is 6.92 Å². The number of aromatic nitrogens is 2. The maximum Gasteiger partial charge on any atom is 0.274 e. The Hall–Kier alpha value is -1.74. The first-order chi connectivity index (χ1) is 11.0. The summed E-state index contributed by atoms with van der Waals surface area (Å²) in [7, 11) is -1.43. The van der Waals surface area contributed by atoms with E-state index in [-0.39, 0.29) is 29.1 Å². The minimum atomic E-state index is -3.04. The van der Waals surface area contributed by atoms with Gasteiger partial charge in [0.15, 0.2) is 9.84 Å². The predicted octanol–water partition coefficient (Wildman–Crippen LogP) is 0.184. The smallest absolute Gasteiger partial charge is 0.274 e. The lowest BCUT2D eigenvalue weighted by Gasteiger charge is -2.26. The molecule has 0 spiro atoms. The van der Waals surface area contributed by atoms with E-state index in [2.05, 4.69) is 15.3 Å². The maximum absolute atomic E-state index is 12.5. The van der Waals surface area contributed by atoms with Crippen molar-refractivity contribution in [2.24, 2.45) is 0 Å². The van der Waals surface area contributed by atoms with Crippen molar-refractivity contribution < 1.29 is 17.9 Å². The second kappa shape index (κ2) is 7.69. The van der Waals surface area contributed by atoms with Gasteiger partial charge in [-0.25, -0.2) is 18.4 Å². The van der Waals surface area contributed by atoms with Crippen LogP contribution in [0.5, 0.6) is 0 Å². The lowest BCUT2D eigenvalue weighted by Crippen LogP contribution is -2.41. The highest BCUT2D eigenvalue weighted by Crippen LogP contribution is 2.19. The third-order valence-electron chi connectivity index (χ3n) is 3.73. The molecule has 1 atom stereocenters. The molecule has 8 nitrogen and oxygen atoms in total. The van der Waals surface area contributed by atoms with Gasteiger partial charge in [0, 0.05) is 26.2 Å². The molecule has 128 valence electrons. The zero-order chi connectivity index (χ0) is 16.9. The van der Waals surface area contributed by atoms with Crippen LogP contribution in [0.15, 0.2) is 12.4 Å². The van der Waals surface area contributed by atoms with Crippen molar-refractivity contribution in [1.29, 1.82) is 0 Å². The molecule has 2 heterocycles. The van der Waals surface area contributed by atoms with Gasteiger partial charge in [-0.3, -0.25) is 4.79 Å². The fourth-order valence-electron chi connectivity index (χ4n) is 2.55. The number of rotatable bonds is 7. The molecular weight excluding hydrogens is 320 g/mol. The minimum Gasteiger partial charge on any atom is -0.383 e. The molecule has 0 aromatic carbocycles. The van der Waals surface area contributed by atoms with Crippen LogP contribution in [0.25, 0.3) is 0 Å². The lowest BCUT2D eigenvalue weighted by atomic mass is 10.2. The molecule has 0 aliphatic carbocycles. The molecule has 1 amide bonds. The second-order valence-electron chi connectivity index (χ2n) is 5.35. The van der Waals surface area contributed by atoms with Gasteiger partial charge in [0.25, 0.3) is 5.91 Å². The normalized spacial score (nSPS) is 19.5. The fourth-order valence-corrected chi connectivity index (χ4v) is 4.28. The molecule has 2 rings (SSSR count). The van der Waals surface area contributed by atoms with Gasteiger partial charge in [-0.05, 0) is 13.3 Å². The van der Waals surface area contributed by atoms with Gasteiger partial charge >= 0.3 is 0 Å². The van der Waals surface area contributed by atoms with E-state index in [9.17, 15) is 13.2 Å². The predicted molar refractivity (Wildman–Crippen MR) is 86.2 cm³/mol. The molecule has 1 fully saturated rings. The molecular formula is C14H22N4O4S. The highest BCUT2D eigenvalue weighted by molar-refractivity contribution is 7.91. The molecule has 1 aromatic rings. The summed E-state index contributed by atoms with van der Waals surface area (Å²) in [5.74, 6) is 0.433. The van der Waals surface area contributed by atoms with Crippen LogP contribution in [-0.4, -0.2) is 73.5 Å². The number of nitrogens with zero attached hydrogens (tertiary/aromatic N) is 3. The Balaban J connectivity index is 2.03. The van der Waals surface area contributed by atoms with Crippen LogP contribution in [0.2, 0.25) is 0 Å². The number of anilines is 1. The molecule has 0 bridgehead atoms. The highest BCUT2D eigenvalue weighted by atomic mass is 32.2. The summed E-state index contributed by atoms with van der Waals surface area (Å²) in [5, 5.41) is 3.02. The van der Waals surface area contributed by atoms with Crippen molar-refractivity contribution in [3.8, 4) is 0 Å². The number of ether oxygens (including phenoxy) is 1. The number of hydrogen-bond donors (Lipinski definition) is 1. The van der Waals surface area contributed by atoms with E-state index in [1.165, 1.54) is 12.4 Å². The zero-order valence-electron chi connectivity index (χ0n) is 13.4. The van der Waals surface area contributed by atoms with Crippen LogP contribution in [0, 0.1) is 0 Å². The topological polar surface area (TPSA) is 101 Å². The summed E-state index contributed by atoms with van der Waals surface area (Å²) in [6.07, 6.45) is 3.37. The number of sulfone groups is 1. The summed E-state index contributed by atoms with van der Waals surface area (Å²) < 4.78 is 28.1. The maximum atomic E-state index is 12.5. The lowest BCUT2D eigenvalue weighted by molar-refractivity contribution is 0.0702. The summed E-state index contributed by atoms with van der Waals surface area (Å²) in [6, 6.07) is -0.279. The number of carbonyl (C=O) groups excluding carboxylic acids is 1. The molecule has 1 N–H and O–H groups in total. The zero-order valence-corrected chi connectivity index (χ0v) is 14.2. The van der Waals surface area contributed by atoms with Crippen molar-refractivity contribution in [2.45, 2.75) is 19.4 Å². The quantitative estimate of drug-likeness (QED) is 0.706. The van der Waals surface area contributed by atoms with Gasteiger partial charge in [0.1, 0.15) is 11.5 Å². The monoisotopic (exact) mass is 342 g/mol. The van der Waals surface area contributed by atoms with Crippen molar-refractivity contribution in [3.63, 3.8) is 0 Å². The second-order valence-corrected chi connectivity index (χ2v) is 7.58. The third kappa shape index (κ3) is 4.61. The average Bonchev–Trinajstić information content (AvgIpc) is 2.89. The molecule has 1 aliphatic rings. The van der Waals surface area contributed by atoms with Crippen molar-refractivity contribution in [3.05, 3.63) is 18.1 Å². The van der Waals surface area contributed by atoms with E-state index in [4.69, 9.17) is 4.74 Å². The van der Waals surface area contributed by atoms with Crippen LogP contribution in [0.3, 0.4) is 0 Å². The van der Waals surface area contributed by atoms with E-state index in [1.54, 1.807) is 12.0 Å². The fraction of sp³-hybridized carbons (Fsp3) is 0.643. The van der Waals surface area contributed by atoms with E-state index in [0.717, 1.165) is 0 Å². The molecule has 23 heavy (non-hydrogen) atoms. The Kier molecular flexibility index (Phi) is 5.89. The molecule has 1 aromatic heterocycles. The van der Waals surface area contributed by atoms with Crippen molar-refractivity contribution in [1.82, 2.24) is 14.9 Å². The Morgan fingerprint density at radius 2 is 2.22 bits per heavy atom. The first-order valence-corrected chi connectivity index (χ1v) is 9.35. The molecule has 0 saturated carbocycles. The first-order valence-electron chi connectivity index (χ1n) is 7.53. The standard InChI is InChI=1S/C14H22N4O4S/c1-3-18(11-4-7-23(20,21)10-11)14(19)12-8-17-13(9-16-12)15-5-6-22-2/h8-9,11H,3-7,10H2,1-2H3,(H,15,17). The summed E-state index contributed by atoms with van der Waals surface area (Å²) in [6.45, 7) is 3.41.